The fourth-order valence-corrected chi connectivity index (χ4v) is 3.77. The van der Waals surface area contributed by atoms with Crippen LogP contribution in [0.25, 0.3) is 0 Å². The minimum absolute atomic E-state index is 0.194. The lowest BCUT2D eigenvalue weighted by Crippen LogP contribution is -2.38. The molecule has 0 aromatic heterocycles. The number of carbonyl (C=O) groups excluding carboxylic acids is 1. The Balaban J connectivity index is 1.65. The van der Waals surface area contributed by atoms with Gasteiger partial charge in [0.1, 0.15) is 0 Å². The van der Waals surface area contributed by atoms with Gasteiger partial charge in [-0.1, -0.05) is 23.7 Å². The fraction of sp³-hybridized carbons (Fsp3) is 0.611. The van der Waals surface area contributed by atoms with Gasteiger partial charge in [0.05, 0.1) is 6.04 Å². The first kappa shape index (κ1) is 15.8. The van der Waals surface area contributed by atoms with Gasteiger partial charge in [-0.2, -0.15) is 0 Å². The lowest BCUT2D eigenvalue weighted by molar-refractivity contribution is -0.135. The van der Waals surface area contributed by atoms with E-state index in [1.165, 1.54) is 12.0 Å². The Morgan fingerprint density at radius 3 is 3.00 bits per heavy atom. The molecule has 0 radical (unpaired) electrons. The molecule has 1 aromatic carbocycles. The van der Waals surface area contributed by atoms with E-state index >= 15 is 0 Å². The SMILES string of the molecule is O=C(CC[C@H]1CCOC1)N1CCCC[C@H]1c1cccc(Cl)c1. The van der Waals surface area contributed by atoms with Crippen LogP contribution in [-0.4, -0.2) is 30.6 Å². The minimum atomic E-state index is 0.194. The van der Waals surface area contributed by atoms with Crippen LogP contribution in [0.1, 0.15) is 50.1 Å². The molecule has 120 valence electrons. The van der Waals surface area contributed by atoms with E-state index in [2.05, 4.69) is 11.0 Å². The molecule has 0 N–H and O–H groups in total. The van der Waals surface area contributed by atoms with Gasteiger partial charge in [0.25, 0.3) is 0 Å². The average Bonchev–Trinajstić information content (AvgIpc) is 3.06. The summed E-state index contributed by atoms with van der Waals surface area (Å²) in [5, 5.41) is 0.749. The van der Waals surface area contributed by atoms with E-state index in [4.69, 9.17) is 16.3 Å². The van der Waals surface area contributed by atoms with Crippen LogP contribution < -0.4 is 0 Å². The highest BCUT2D eigenvalue weighted by atomic mass is 35.5. The molecule has 0 aliphatic carbocycles. The average molecular weight is 322 g/mol. The van der Waals surface area contributed by atoms with E-state index < -0.39 is 0 Å². The number of halogens is 1. The van der Waals surface area contributed by atoms with Gasteiger partial charge < -0.3 is 9.64 Å². The highest BCUT2D eigenvalue weighted by Gasteiger charge is 2.28. The van der Waals surface area contributed by atoms with Gasteiger partial charge in [-0.3, -0.25) is 4.79 Å². The van der Waals surface area contributed by atoms with Gasteiger partial charge in [-0.15, -0.1) is 0 Å². The smallest absolute Gasteiger partial charge is 0.223 e. The first-order valence-electron chi connectivity index (χ1n) is 8.37. The van der Waals surface area contributed by atoms with Crippen LogP contribution in [-0.2, 0) is 9.53 Å². The Morgan fingerprint density at radius 2 is 2.23 bits per heavy atom. The standard InChI is InChI=1S/C18H24ClNO2/c19-16-5-3-4-15(12-16)17-6-1-2-10-20(17)18(21)8-7-14-9-11-22-13-14/h3-5,12,14,17H,1-2,6-11,13H2/t14-,17-/m0/s1. The maximum absolute atomic E-state index is 12.7. The van der Waals surface area contributed by atoms with Crippen LogP contribution in [0.15, 0.2) is 24.3 Å². The topological polar surface area (TPSA) is 29.5 Å². The molecule has 1 aromatic rings. The largest absolute Gasteiger partial charge is 0.381 e. The van der Waals surface area contributed by atoms with Gasteiger partial charge in [0.2, 0.25) is 5.91 Å². The molecular formula is C18H24ClNO2. The summed E-state index contributed by atoms with van der Waals surface area (Å²) >= 11 is 6.12. The Labute approximate surface area is 137 Å². The van der Waals surface area contributed by atoms with Crippen molar-refractivity contribution in [2.24, 2.45) is 5.92 Å². The number of carbonyl (C=O) groups is 1. The molecule has 2 heterocycles. The second-order valence-corrected chi connectivity index (χ2v) is 6.86. The maximum atomic E-state index is 12.7. The lowest BCUT2D eigenvalue weighted by Gasteiger charge is -2.36. The third-order valence-electron chi connectivity index (χ3n) is 4.85. The summed E-state index contributed by atoms with van der Waals surface area (Å²) in [5.41, 5.74) is 1.17. The van der Waals surface area contributed by atoms with Crippen LogP contribution in [0.4, 0.5) is 0 Å². The van der Waals surface area contributed by atoms with E-state index in [9.17, 15) is 4.79 Å². The van der Waals surface area contributed by atoms with E-state index in [-0.39, 0.29) is 11.9 Å². The molecule has 2 fully saturated rings. The van der Waals surface area contributed by atoms with Crippen molar-refractivity contribution in [3.05, 3.63) is 34.9 Å². The Hall–Kier alpha value is -1.06. The number of hydrogen-bond acceptors (Lipinski definition) is 2. The molecule has 3 nitrogen and oxygen atoms in total. The molecule has 0 spiro atoms. The molecule has 4 heteroatoms. The highest BCUT2D eigenvalue weighted by molar-refractivity contribution is 6.30. The molecule has 1 amide bonds. The van der Waals surface area contributed by atoms with Gasteiger partial charge in [-0.05, 0) is 55.7 Å². The number of amides is 1. The summed E-state index contributed by atoms with van der Waals surface area (Å²) < 4.78 is 5.40. The molecule has 0 bridgehead atoms. The predicted molar refractivity (Wildman–Crippen MR) is 87.9 cm³/mol. The summed E-state index contributed by atoms with van der Waals surface area (Å²) in [6.07, 6.45) is 6.03. The summed E-state index contributed by atoms with van der Waals surface area (Å²) in [6.45, 7) is 2.55. The number of hydrogen-bond donors (Lipinski definition) is 0. The van der Waals surface area contributed by atoms with E-state index in [0.29, 0.717) is 12.3 Å². The molecule has 2 aliphatic rings. The second-order valence-electron chi connectivity index (χ2n) is 6.42. The first-order chi connectivity index (χ1) is 10.7. The number of benzene rings is 1. The van der Waals surface area contributed by atoms with Crippen molar-refractivity contribution >= 4 is 17.5 Å². The van der Waals surface area contributed by atoms with Crippen molar-refractivity contribution in [2.75, 3.05) is 19.8 Å². The van der Waals surface area contributed by atoms with Gasteiger partial charge >= 0.3 is 0 Å². The highest BCUT2D eigenvalue weighted by Crippen LogP contribution is 2.33. The van der Waals surface area contributed by atoms with Crippen molar-refractivity contribution in [2.45, 2.75) is 44.6 Å². The summed E-state index contributed by atoms with van der Waals surface area (Å²) in [5.74, 6) is 0.856. The van der Waals surface area contributed by atoms with Crippen LogP contribution in [0.5, 0.6) is 0 Å². The first-order valence-corrected chi connectivity index (χ1v) is 8.74. The number of rotatable bonds is 4. The Bertz CT molecular complexity index is 514. The van der Waals surface area contributed by atoms with Crippen LogP contribution in [0.2, 0.25) is 5.02 Å². The zero-order valence-electron chi connectivity index (χ0n) is 13.0. The van der Waals surface area contributed by atoms with Crippen molar-refractivity contribution in [3.8, 4) is 0 Å². The molecule has 0 saturated carbocycles. The quantitative estimate of drug-likeness (QED) is 0.831. The normalized spacial score (nSPS) is 25.4. The van der Waals surface area contributed by atoms with Crippen molar-refractivity contribution < 1.29 is 9.53 Å². The third-order valence-corrected chi connectivity index (χ3v) is 5.08. The van der Waals surface area contributed by atoms with Crippen LogP contribution >= 0.6 is 11.6 Å². The monoisotopic (exact) mass is 321 g/mol. The van der Waals surface area contributed by atoms with Crippen molar-refractivity contribution in [1.29, 1.82) is 0 Å². The molecule has 2 atom stereocenters. The third kappa shape index (κ3) is 3.82. The number of piperidine rings is 1. The maximum Gasteiger partial charge on any atom is 0.223 e. The number of ether oxygens (including phenoxy) is 1. The van der Waals surface area contributed by atoms with Crippen LogP contribution in [0, 0.1) is 5.92 Å². The number of nitrogens with zero attached hydrogens (tertiary/aromatic N) is 1. The Morgan fingerprint density at radius 1 is 1.32 bits per heavy atom. The zero-order chi connectivity index (χ0) is 15.4. The molecule has 2 aliphatic heterocycles. The Kier molecular flexibility index (Phi) is 5.37. The second kappa shape index (κ2) is 7.47. The summed E-state index contributed by atoms with van der Waals surface area (Å²) in [6, 6.07) is 8.15. The summed E-state index contributed by atoms with van der Waals surface area (Å²) in [4.78, 5) is 14.7. The summed E-state index contributed by atoms with van der Waals surface area (Å²) in [7, 11) is 0. The van der Waals surface area contributed by atoms with Crippen molar-refractivity contribution in [3.63, 3.8) is 0 Å². The fourth-order valence-electron chi connectivity index (χ4n) is 3.57. The lowest BCUT2D eigenvalue weighted by atomic mass is 9.94. The minimum Gasteiger partial charge on any atom is -0.381 e. The van der Waals surface area contributed by atoms with Gasteiger partial charge in [-0.25, -0.2) is 0 Å². The van der Waals surface area contributed by atoms with Crippen LogP contribution in [0.3, 0.4) is 0 Å². The van der Waals surface area contributed by atoms with Crippen molar-refractivity contribution in [1.82, 2.24) is 4.90 Å². The molecule has 0 unspecified atom stereocenters. The molecule has 2 saturated heterocycles. The molecular weight excluding hydrogens is 298 g/mol. The molecule has 3 rings (SSSR count). The zero-order valence-corrected chi connectivity index (χ0v) is 13.7. The molecule has 22 heavy (non-hydrogen) atoms. The predicted octanol–water partition coefficient (Wildman–Crippen LogP) is 4.21. The van der Waals surface area contributed by atoms with E-state index in [1.54, 1.807) is 0 Å². The number of likely N-dealkylation sites (tertiary alicyclic amines) is 1. The van der Waals surface area contributed by atoms with Gasteiger partial charge in [0, 0.05) is 31.2 Å². The van der Waals surface area contributed by atoms with Gasteiger partial charge in [0.15, 0.2) is 0 Å². The van der Waals surface area contributed by atoms with E-state index in [1.807, 2.05) is 18.2 Å². The van der Waals surface area contributed by atoms with E-state index in [0.717, 1.165) is 50.5 Å².